The topological polar surface area (TPSA) is 103 Å². The molecule has 3 aromatic rings. The quantitative estimate of drug-likeness (QED) is 0.388. The molecule has 0 aliphatic heterocycles. The molecule has 2 aromatic carbocycles. The predicted octanol–water partition coefficient (Wildman–Crippen LogP) is 3.79. The highest BCUT2D eigenvalue weighted by molar-refractivity contribution is 6.33. The van der Waals surface area contributed by atoms with Crippen LogP contribution in [-0.4, -0.2) is 28.4 Å². The summed E-state index contributed by atoms with van der Waals surface area (Å²) in [5.41, 5.74) is 1.88. The zero-order valence-electron chi connectivity index (χ0n) is 12.9. The zero-order chi connectivity index (χ0) is 17.6. The first-order valence-electron chi connectivity index (χ1n) is 7.34. The van der Waals surface area contributed by atoms with Gasteiger partial charge < -0.3 is 10.1 Å². The van der Waals surface area contributed by atoms with Gasteiger partial charge in [0.1, 0.15) is 6.61 Å². The van der Waals surface area contributed by atoms with Crippen molar-refractivity contribution in [1.29, 1.82) is 0 Å². The molecule has 0 bridgehead atoms. The fraction of sp³-hybridized carbons (Fsp3) is 0.125. The van der Waals surface area contributed by atoms with E-state index in [0.29, 0.717) is 23.8 Å². The van der Waals surface area contributed by atoms with Crippen molar-refractivity contribution in [3.63, 3.8) is 0 Å². The highest BCUT2D eigenvalue weighted by Gasteiger charge is 2.13. The maximum absolute atomic E-state index is 10.7. The highest BCUT2D eigenvalue weighted by atomic mass is 35.5. The van der Waals surface area contributed by atoms with Crippen molar-refractivity contribution in [3.8, 4) is 17.1 Å². The van der Waals surface area contributed by atoms with Gasteiger partial charge in [-0.3, -0.25) is 10.1 Å². The molecule has 1 aromatic heterocycles. The van der Waals surface area contributed by atoms with Crippen molar-refractivity contribution in [2.45, 2.75) is 0 Å². The first-order valence-corrected chi connectivity index (χ1v) is 7.71. The van der Waals surface area contributed by atoms with E-state index in [1.165, 1.54) is 12.1 Å². The lowest BCUT2D eigenvalue weighted by Gasteiger charge is -2.08. The summed E-state index contributed by atoms with van der Waals surface area (Å²) in [5.74, 6) is 0.294. The molecule has 25 heavy (non-hydrogen) atoms. The molecule has 8 nitrogen and oxygen atoms in total. The minimum absolute atomic E-state index is 0.0621. The summed E-state index contributed by atoms with van der Waals surface area (Å²) in [7, 11) is 0. The number of hydrogen-bond acceptors (Lipinski definition) is 7. The van der Waals surface area contributed by atoms with E-state index in [4.69, 9.17) is 21.0 Å². The Hall–Kier alpha value is -3.13. The van der Waals surface area contributed by atoms with Crippen LogP contribution in [0.4, 0.5) is 11.4 Å². The van der Waals surface area contributed by atoms with Crippen LogP contribution in [0.5, 0.6) is 5.88 Å². The number of hydrogen-bond donors (Lipinski definition) is 1. The lowest BCUT2D eigenvalue weighted by Crippen LogP contribution is -2.12. The average Bonchev–Trinajstić information content (AvgIpc) is 3.09. The monoisotopic (exact) mass is 360 g/mol. The number of anilines is 1. The highest BCUT2D eigenvalue weighted by Crippen LogP contribution is 2.27. The molecule has 1 heterocycles. The molecular weight excluding hydrogens is 348 g/mol. The van der Waals surface area contributed by atoms with E-state index in [2.05, 4.69) is 15.6 Å². The van der Waals surface area contributed by atoms with E-state index in [1.54, 1.807) is 6.07 Å². The minimum atomic E-state index is -0.499. The van der Waals surface area contributed by atoms with Crippen LogP contribution in [0.1, 0.15) is 0 Å². The van der Waals surface area contributed by atoms with Crippen LogP contribution < -0.4 is 10.1 Å². The Balaban J connectivity index is 1.56. The van der Waals surface area contributed by atoms with Crippen molar-refractivity contribution in [2.75, 3.05) is 18.5 Å². The number of benzene rings is 2. The molecule has 0 fully saturated rings. The number of aromatic nitrogens is 2. The lowest BCUT2D eigenvalue weighted by atomic mass is 10.2. The smallest absolute Gasteiger partial charge is 0.283 e. The number of nitrogens with zero attached hydrogens (tertiary/aromatic N) is 3. The molecule has 0 radical (unpaired) electrons. The van der Waals surface area contributed by atoms with Crippen LogP contribution >= 0.6 is 11.6 Å². The fourth-order valence-electron chi connectivity index (χ4n) is 2.14. The van der Waals surface area contributed by atoms with Gasteiger partial charge in [-0.2, -0.15) is 0 Å². The molecule has 0 amide bonds. The number of rotatable bonds is 7. The molecular formula is C16H13ClN4O4. The fourth-order valence-corrected chi connectivity index (χ4v) is 2.38. The van der Waals surface area contributed by atoms with E-state index in [0.717, 1.165) is 5.56 Å². The summed E-state index contributed by atoms with van der Waals surface area (Å²) < 4.78 is 10.3. The van der Waals surface area contributed by atoms with Crippen molar-refractivity contribution >= 4 is 23.0 Å². The van der Waals surface area contributed by atoms with E-state index in [-0.39, 0.29) is 17.3 Å². The Morgan fingerprint density at radius 3 is 2.72 bits per heavy atom. The van der Waals surface area contributed by atoms with Crippen molar-refractivity contribution in [3.05, 3.63) is 63.7 Å². The van der Waals surface area contributed by atoms with E-state index in [9.17, 15) is 10.1 Å². The lowest BCUT2D eigenvalue weighted by molar-refractivity contribution is -0.384. The zero-order valence-corrected chi connectivity index (χ0v) is 13.6. The van der Waals surface area contributed by atoms with Gasteiger partial charge >= 0.3 is 0 Å². The molecule has 1 N–H and O–H groups in total. The molecule has 0 atom stereocenters. The third-order valence-electron chi connectivity index (χ3n) is 3.33. The van der Waals surface area contributed by atoms with Crippen LogP contribution in [0.15, 0.2) is 53.2 Å². The molecule has 0 aliphatic carbocycles. The van der Waals surface area contributed by atoms with E-state index in [1.807, 2.05) is 30.3 Å². The Labute approximate surface area is 147 Å². The van der Waals surface area contributed by atoms with Gasteiger partial charge in [0, 0.05) is 24.2 Å². The minimum Gasteiger partial charge on any atom is -0.472 e. The summed E-state index contributed by atoms with van der Waals surface area (Å²) in [6.45, 7) is 0.694. The molecule has 3 rings (SSSR count). The van der Waals surface area contributed by atoms with Crippen molar-refractivity contribution in [2.24, 2.45) is 0 Å². The molecule has 0 unspecified atom stereocenters. The summed E-state index contributed by atoms with van der Waals surface area (Å²) in [4.78, 5) is 10.2. The normalized spacial score (nSPS) is 10.4. The Morgan fingerprint density at radius 2 is 2.00 bits per heavy atom. The number of nitro benzene ring substituents is 1. The maximum Gasteiger partial charge on any atom is 0.283 e. The standard InChI is InChI=1S/C16H13ClN4O4/c17-13-10-12(21(22)23)6-7-14(13)18-8-9-24-16-15(19-25-20-16)11-4-2-1-3-5-11/h1-7,10,18H,8-9H2. The van der Waals surface area contributed by atoms with Crippen LogP contribution in [0.3, 0.4) is 0 Å². The second kappa shape index (κ2) is 7.63. The summed E-state index contributed by atoms with van der Waals surface area (Å²) in [6, 6.07) is 13.6. The number of nitrogens with one attached hydrogen (secondary N) is 1. The van der Waals surface area contributed by atoms with Gasteiger partial charge in [-0.15, -0.1) is 0 Å². The second-order valence-electron chi connectivity index (χ2n) is 4.98. The first kappa shape index (κ1) is 16.7. The van der Waals surface area contributed by atoms with Gasteiger partial charge in [0.05, 0.1) is 15.6 Å². The van der Waals surface area contributed by atoms with Crippen molar-refractivity contribution in [1.82, 2.24) is 10.3 Å². The number of halogens is 1. The maximum atomic E-state index is 10.7. The van der Waals surface area contributed by atoms with Crippen LogP contribution in [-0.2, 0) is 0 Å². The van der Waals surface area contributed by atoms with Gasteiger partial charge in [0.25, 0.3) is 11.6 Å². The third kappa shape index (κ3) is 4.04. The van der Waals surface area contributed by atoms with Gasteiger partial charge in [-0.1, -0.05) is 41.9 Å². The third-order valence-corrected chi connectivity index (χ3v) is 3.64. The Morgan fingerprint density at radius 1 is 1.20 bits per heavy atom. The SMILES string of the molecule is O=[N+]([O-])c1ccc(NCCOc2nonc2-c2ccccc2)c(Cl)c1. The van der Waals surface area contributed by atoms with Gasteiger partial charge in [0.2, 0.25) is 0 Å². The second-order valence-corrected chi connectivity index (χ2v) is 5.39. The average molecular weight is 361 g/mol. The van der Waals surface area contributed by atoms with E-state index >= 15 is 0 Å². The molecule has 0 saturated carbocycles. The number of non-ortho nitro benzene ring substituents is 1. The Bertz CT molecular complexity index is 870. The Kier molecular flexibility index (Phi) is 5.10. The van der Waals surface area contributed by atoms with Crippen molar-refractivity contribution < 1.29 is 14.3 Å². The molecule has 9 heteroatoms. The van der Waals surface area contributed by atoms with Gasteiger partial charge in [0.15, 0.2) is 5.69 Å². The molecule has 0 spiro atoms. The molecule has 128 valence electrons. The molecule has 0 saturated heterocycles. The van der Waals surface area contributed by atoms with Crippen LogP contribution in [0.25, 0.3) is 11.3 Å². The summed E-state index contributed by atoms with van der Waals surface area (Å²) >= 11 is 6.01. The van der Waals surface area contributed by atoms with Gasteiger partial charge in [-0.25, -0.2) is 4.63 Å². The number of nitro groups is 1. The van der Waals surface area contributed by atoms with Crippen LogP contribution in [0, 0.1) is 10.1 Å². The summed E-state index contributed by atoms with van der Waals surface area (Å²) in [6.07, 6.45) is 0. The first-order chi connectivity index (χ1) is 12.1. The van der Waals surface area contributed by atoms with E-state index < -0.39 is 4.92 Å². The summed E-state index contributed by atoms with van der Waals surface area (Å²) in [5, 5.41) is 21.6. The van der Waals surface area contributed by atoms with Crippen LogP contribution in [0.2, 0.25) is 5.02 Å². The number of ether oxygens (including phenoxy) is 1. The predicted molar refractivity (Wildman–Crippen MR) is 91.8 cm³/mol. The molecule has 0 aliphatic rings. The largest absolute Gasteiger partial charge is 0.472 e. The van der Waals surface area contributed by atoms with Gasteiger partial charge in [-0.05, 0) is 16.4 Å².